The fraction of sp³-hybridized carbons (Fsp3) is 0.133. The Kier molecular flexibility index (Phi) is 2.95. The van der Waals surface area contributed by atoms with Gasteiger partial charge >= 0.3 is 5.97 Å². The first-order valence-electron chi connectivity index (χ1n) is 6.28. The van der Waals surface area contributed by atoms with Crippen LogP contribution in [-0.4, -0.2) is 25.6 Å². The van der Waals surface area contributed by atoms with Gasteiger partial charge in [0.05, 0.1) is 5.92 Å². The van der Waals surface area contributed by atoms with Gasteiger partial charge in [0.15, 0.2) is 5.65 Å². The minimum atomic E-state index is -0.826. The lowest BCUT2D eigenvalue weighted by atomic mass is 10.0. The van der Waals surface area contributed by atoms with Crippen molar-refractivity contribution in [1.29, 1.82) is 0 Å². The average Bonchev–Trinajstić information content (AvgIpc) is 2.90. The summed E-state index contributed by atoms with van der Waals surface area (Å²) in [6.07, 6.45) is 3.44. The maximum atomic E-state index is 11.0. The molecule has 0 bridgehead atoms. The number of pyridine rings is 1. The Labute approximate surface area is 115 Å². The SMILES string of the molecule is CC(C(=O)O)c1ccc(-n2cnc3cccnc32)cc1. The number of carboxylic acids is 1. The summed E-state index contributed by atoms with van der Waals surface area (Å²) in [5, 5.41) is 9.00. The highest BCUT2D eigenvalue weighted by Crippen LogP contribution is 2.20. The molecule has 0 fully saturated rings. The van der Waals surface area contributed by atoms with Gasteiger partial charge in [0.2, 0.25) is 0 Å². The average molecular weight is 267 g/mol. The standard InChI is InChI=1S/C15H13N3O2/c1-10(15(19)20)11-4-6-12(7-5-11)18-9-17-13-3-2-8-16-14(13)18/h2-10H,1H3,(H,19,20). The second-order valence-corrected chi connectivity index (χ2v) is 4.61. The number of nitrogens with zero attached hydrogens (tertiary/aromatic N) is 3. The highest BCUT2D eigenvalue weighted by Gasteiger charge is 2.13. The molecule has 0 aliphatic heterocycles. The van der Waals surface area contributed by atoms with Gasteiger partial charge in [-0.15, -0.1) is 0 Å². The number of aromatic nitrogens is 3. The summed E-state index contributed by atoms with van der Waals surface area (Å²) in [5.74, 6) is -1.34. The van der Waals surface area contributed by atoms with Crippen LogP contribution in [0.25, 0.3) is 16.9 Å². The van der Waals surface area contributed by atoms with Crippen molar-refractivity contribution >= 4 is 17.1 Å². The van der Waals surface area contributed by atoms with Crippen LogP contribution in [0.2, 0.25) is 0 Å². The van der Waals surface area contributed by atoms with E-state index in [1.54, 1.807) is 19.4 Å². The minimum absolute atomic E-state index is 0.512. The highest BCUT2D eigenvalue weighted by atomic mass is 16.4. The van der Waals surface area contributed by atoms with E-state index in [9.17, 15) is 4.79 Å². The van der Waals surface area contributed by atoms with E-state index in [2.05, 4.69) is 9.97 Å². The summed E-state index contributed by atoms with van der Waals surface area (Å²) in [7, 11) is 0. The number of hydrogen-bond acceptors (Lipinski definition) is 3. The minimum Gasteiger partial charge on any atom is -0.481 e. The molecule has 1 aromatic carbocycles. The van der Waals surface area contributed by atoms with Gasteiger partial charge in [-0.2, -0.15) is 0 Å². The van der Waals surface area contributed by atoms with E-state index in [0.717, 1.165) is 22.4 Å². The van der Waals surface area contributed by atoms with Crippen molar-refractivity contribution in [1.82, 2.24) is 14.5 Å². The summed E-state index contributed by atoms with van der Waals surface area (Å²) in [5.41, 5.74) is 3.30. The van der Waals surface area contributed by atoms with E-state index in [1.807, 2.05) is 41.0 Å². The maximum absolute atomic E-state index is 11.0. The topological polar surface area (TPSA) is 68.0 Å². The normalized spacial score (nSPS) is 12.4. The summed E-state index contributed by atoms with van der Waals surface area (Å²) < 4.78 is 1.88. The summed E-state index contributed by atoms with van der Waals surface area (Å²) in [6, 6.07) is 11.2. The zero-order valence-corrected chi connectivity index (χ0v) is 10.9. The van der Waals surface area contributed by atoms with Crippen molar-refractivity contribution < 1.29 is 9.90 Å². The summed E-state index contributed by atoms with van der Waals surface area (Å²) >= 11 is 0. The number of imidazole rings is 1. The third-order valence-electron chi connectivity index (χ3n) is 3.35. The monoisotopic (exact) mass is 267 g/mol. The van der Waals surface area contributed by atoms with Gasteiger partial charge in [0.1, 0.15) is 11.8 Å². The first-order valence-corrected chi connectivity index (χ1v) is 6.28. The van der Waals surface area contributed by atoms with Gasteiger partial charge in [0, 0.05) is 11.9 Å². The van der Waals surface area contributed by atoms with Gasteiger partial charge in [-0.05, 0) is 36.8 Å². The summed E-state index contributed by atoms with van der Waals surface area (Å²) in [4.78, 5) is 19.6. The molecule has 1 N–H and O–H groups in total. The quantitative estimate of drug-likeness (QED) is 0.792. The van der Waals surface area contributed by atoms with Crippen LogP contribution in [-0.2, 0) is 4.79 Å². The van der Waals surface area contributed by atoms with E-state index in [-0.39, 0.29) is 0 Å². The lowest BCUT2D eigenvalue weighted by Crippen LogP contribution is -2.07. The molecule has 0 aliphatic rings. The van der Waals surface area contributed by atoms with E-state index in [1.165, 1.54) is 0 Å². The van der Waals surface area contributed by atoms with Crippen LogP contribution in [0.15, 0.2) is 48.9 Å². The van der Waals surface area contributed by atoms with Crippen molar-refractivity contribution in [3.63, 3.8) is 0 Å². The third-order valence-corrected chi connectivity index (χ3v) is 3.35. The van der Waals surface area contributed by atoms with Crippen molar-refractivity contribution in [2.45, 2.75) is 12.8 Å². The smallest absolute Gasteiger partial charge is 0.310 e. The molecule has 3 aromatic rings. The second kappa shape index (κ2) is 4.77. The van der Waals surface area contributed by atoms with Crippen LogP contribution in [0.3, 0.4) is 0 Å². The Morgan fingerprint density at radius 1 is 1.20 bits per heavy atom. The molecule has 0 aliphatic carbocycles. The van der Waals surface area contributed by atoms with Gasteiger partial charge in [-0.3, -0.25) is 9.36 Å². The first kappa shape index (κ1) is 12.3. The third kappa shape index (κ3) is 2.03. The van der Waals surface area contributed by atoms with Gasteiger partial charge in [-0.25, -0.2) is 9.97 Å². The first-order chi connectivity index (χ1) is 9.66. The number of benzene rings is 1. The fourth-order valence-corrected chi connectivity index (χ4v) is 2.10. The van der Waals surface area contributed by atoms with E-state index < -0.39 is 11.9 Å². The molecule has 20 heavy (non-hydrogen) atoms. The Hall–Kier alpha value is -2.69. The Morgan fingerprint density at radius 3 is 2.65 bits per heavy atom. The lowest BCUT2D eigenvalue weighted by molar-refractivity contribution is -0.138. The van der Waals surface area contributed by atoms with Crippen molar-refractivity contribution in [3.8, 4) is 5.69 Å². The number of carboxylic acid groups (broad SMARTS) is 1. The number of carbonyl (C=O) groups is 1. The Morgan fingerprint density at radius 2 is 1.95 bits per heavy atom. The van der Waals surface area contributed by atoms with Gasteiger partial charge in [0.25, 0.3) is 0 Å². The highest BCUT2D eigenvalue weighted by molar-refractivity contribution is 5.76. The van der Waals surface area contributed by atoms with Crippen molar-refractivity contribution in [2.75, 3.05) is 0 Å². The van der Waals surface area contributed by atoms with Crippen molar-refractivity contribution in [2.24, 2.45) is 0 Å². The molecule has 0 amide bonds. The van der Waals surface area contributed by atoms with Crippen LogP contribution in [0.5, 0.6) is 0 Å². The Bertz CT molecular complexity index is 762. The van der Waals surface area contributed by atoms with Gasteiger partial charge in [-0.1, -0.05) is 12.1 Å². The number of aliphatic carboxylic acids is 1. The molecule has 1 atom stereocenters. The van der Waals surface area contributed by atoms with Crippen LogP contribution in [0.1, 0.15) is 18.4 Å². The van der Waals surface area contributed by atoms with Crippen LogP contribution in [0, 0.1) is 0 Å². The van der Waals surface area contributed by atoms with Crippen LogP contribution < -0.4 is 0 Å². The fourth-order valence-electron chi connectivity index (χ4n) is 2.10. The molecular formula is C15H13N3O2. The zero-order valence-electron chi connectivity index (χ0n) is 10.9. The molecule has 0 saturated carbocycles. The molecule has 100 valence electrons. The number of rotatable bonds is 3. The van der Waals surface area contributed by atoms with E-state index in [4.69, 9.17) is 5.11 Å². The Balaban J connectivity index is 2.01. The van der Waals surface area contributed by atoms with Crippen LogP contribution >= 0.6 is 0 Å². The maximum Gasteiger partial charge on any atom is 0.310 e. The zero-order chi connectivity index (χ0) is 14.1. The van der Waals surface area contributed by atoms with E-state index >= 15 is 0 Å². The number of hydrogen-bond donors (Lipinski definition) is 1. The molecule has 3 rings (SSSR count). The predicted molar refractivity (Wildman–Crippen MR) is 74.9 cm³/mol. The molecule has 5 heteroatoms. The molecule has 0 saturated heterocycles. The molecular weight excluding hydrogens is 254 g/mol. The largest absolute Gasteiger partial charge is 0.481 e. The molecule has 1 unspecified atom stereocenters. The molecule has 0 spiro atoms. The van der Waals surface area contributed by atoms with Crippen molar-refractivity contribution in [3.05, 3.63) is 54.5 Å². The van der Waals surface area contributed by atoms with E-state index in [0.29, 0.717) is 0 Å². The molecule has 0 radical (unpaired) electrons. The molecule has 2 aromatic heterocycles. The molecule has 2 heterocycles. The van der Waals surface area contributed by atoms with Gasteiger partial charge < -0.3 is 5.11 Å². The predicted octanol–water partition coefficient (Wildman–Crippen LogP) is 2.61. The molecule has 5 nitrogen and oxygen atoms in total. The number of fused-ring (bicyclic) bond motifs is 1. The summed E-state index contributed by atoms with van der Waals surface area (Å²) in [6.45, 7) is 1.67. The lowest BCUT2D eigenvalue weighted by Gasteiger charge is -2.08. The second-order valence-electron chi connectivity index (χ2n) is 4.61. The van der Waals surface area contributed by atoms with Crippen LogP contribution in [0.4, 0.5) is 0 Å².